The van der Waals surface area contributed by atoms with Crippen molar-refractivity contribution < 1.29 is 14.7 Å². The van der Waals surface area contributed by atoms with Crippen LogP contribution in [0.3, 0.4) is 0 Å². The van der Waals surface area contributed by atoms with E-state index in [1.54, 1.807) is 47.3 Å². The van der Waals surface area contributed by atoms with Gasteiger partial charge in [-0.1, -0.05) is 29.8 Å². The highest BCUT2D eigenvalue weighted by Crippen LogP contribution is 2.23. The number of aromatic nitrogens is 2. The van der Waals surface area contributed by atoms with Gasteiger partial charge >= 0.3 is 5.97 Å². The van der Waals surface area contributed by atoms with Gasteiger partial charge in [-0.3, -0.25) is 9.59 Å². The van der Waals surface area contributed by atoms with E-state index in [4.69, 9.17) is 16.7 Å². The van der Waals surface area contributed by atoms with Crippen molar-refractivity contribution >= 4 is 34.4 Å². The topological polar surface area (TPSA) is 108 Å². The van der Waals surface area contributed by atoms with E-state index in [2.05, 4.69) is 16.5 Å². The lowest BCUT2D eigenvalue weighted by Gasteiger charge is -2.09. The quantitative estimate of drug-likeness (QED) is 0.432. The summed E-state index contributed by atoms with van der Waals surface area (Å²) < 4.78 is 1.61. The number of benzene rings is 3. The zero-order chi connectivity index (χ0) is 23.4. The standard InChI is InChI=1S/C25H19ClN4O3/c26-21-5-1-16(2-6-21)9-10-28-25(33)18-4-8-23-20(13-18)15-29-30(23)22-7-3-17(12-24(31)32)11-19(22)14-27/h1-8,11,13,15H,9-10,12H2,(H,28,33)(H,31,32). The molecule has 164 valence electrons. The van der Waals surface area contributed by atoms with Crippen molar-refractivity contribution in [3.8, 4) is 11.8 Å². The Balaban J connectivity index is 1.51. The van der Waals surface area contributed by atoms with Crippen LogP contribution in [0, 0.1) is 11.3 Å². The molecule has 1 amide bonds. The molecule has 4 aromatic rings. The number of fused-ring (bicyclic) bond motifs is 1. The Hall–Kier alpha value is -4.15. The van der Waals surface area contributed by atoms with Gasteiger partial charge < -0.3 is 10.4 Å². The first-order valence-corrected chi connectivity index (χ1v) is 10.6. The van der Waals surface area contributed by atoms with Crippen LogP contribution in [-0.4, -0.2) is 33.3 Å². The summed E-state index contributed by atoms with van der Waals surface area (Å²) in [7, 11) is 0. The Morgan fingerprint density at radius 3 is 2.55 bits per heavy atom. The Labute approximate surface area is 194 Å². The Morgan fingerprint density at radius 1 is 1.06 bits per heavy atom. The normalized spacial score (nSPS) is 10.7. The molecule has 33 heavy (non-hydrogen) atoms. The summed E-state index contributed by atoms with van der Waals surface area (Å²) in [6.07, 6.45) is 2.16. The van der Waals surface area contributed by atoms with Crippen molar-refractivity contribution in [2.75, 3.05) is 6.54 Å². The highest BCUT2D eigenvalue weighted by molar-refractivity contribution is 6.30. The smallest absolute Gasteiger partial charge is 0.307 e. The van der Waals surface area contributed by atoms with Crippen LogP contribution in [-0.2, 0) is 17.6 Å². The fraction of sp³-hybridized carbons (Fsp3) is 0.120. The van der Waals surface area contributed by atoms with E-state index >= 15 is 0 Å². The van der Waals surface area contributed by atoms with Crippen molar-refractivity contribution in [3.05, 3.63) is 94.1 Å². The summed E-state index contributed by atoms with van der Waals surface area (Å²) in [5.74, 6) is -1.15. The van der Waals surface area contributed by atoms with Gasteiger partial charge in [-0.15, -0.1) is 0 Å². The fourth-order valence-corrected chi connectivity index (χ4v) is 3.71. The van der Waals surface area contributed by atoms with E-state index in [1.807, 2.05) is 24.3 Å². The van der Waals surface area contributed by atoms with Gasteiger partial charge in [0.1, 0.15) is 6.07 Å². The van der Waals surface area contributed by atoms with Gasteiger partial charge in [-0.05, 0) is 60.0 Å². The fourth-order valence-electron chi connectivity index (χ4n) is 3.58. The number of nitrogens with one attached hydrogen (secondary N) is 1. The van der Waals surface area contributed by atoms with Crippen LogP contribution >= 0.6 is 11.6 Å². The van der Waals surface area contributed by atoms with Crippen molar-refractivity contribution in [2.24, 2.45) is 0 Å². The third-order valence-corrected chi connectivity index (χ3v) is 5.46. The van der Waals surface area contributed by atoms with Gasteiger partial charge in [0, 0.05) is 22.5 Å². The predicted octanol–water partition coefficient (Wildman–Crippen LogP) is 4.15. The minimum atomic E-state index is -0.963. The number of halogens is 1. The van der Waals surface area contributed by atoms with Crippen LogP contribution < -0.4 is 5.32 Å². The second-order valence-corrected chi connectivity index (χ2v) is 7.93. The molecule has 0 aliphatic heterocycles. The minimum Gasteiger partial charge on any atom is -0.481 e. The van der Waals surface area contributed by atoms with Gasteiger partial charge in [0.15, 0.2) is 0 Å². The summed E-state index contributed by atoms with van der Waals surface area (Å²) in [5, 5.41) is 27.2. The Bertz CT molecular complexity index is 1390. The largest absolute Gasteiger partial charge is 0.481 e. The van der Waals surface area contributed by atoms with Crippen LogP contribution in [0.5, 0.6) is 0 Å². The number of carboxylic acids is 1. The number of nitrogens with zero attached hydrogens (tertiary/aromatic N) is 3. The third kappa shape index (κ3) is 5.03. The van der Waals surface area contributed by atoms with E-state index < -0.39 is 5.97 Å². The predicted molar refractivity (Wildman–Crippen MR) is 125 cm³/mol. The van der Waals surface area contributed by atoms with Crippen LogP contribution in [0.2, 0.25) is 5.02 Å². The van der Waals surface area contributed by atoms with Crippen LogP contribution in [0.4, 0.5) is 0 Å². The average Bonchev–Trinajstić information content (AvgIpc) is 3.23. The summed E-state index contributed by atoms with van der Waals surface area (Å²) in [6.45, 7) is 0.492. The minimum absolute atomic E-state index is 0.161. The van der Waals surface area contributed by atoms with Crippen LogP contribution in [0.1, 0.15) is 27.0 Å². The van der Waals surface area contributed by atoms with Crippen LogP contribution in [0.25, 0.3) is 16.6 Å². The molecular formula is C25H19ClN4O3. The lowest BCUT2D eigenvalue weighted by molar-refractivity contribution is -0.136. The maximum absolute atomic E-state index is 12.6. The number of carboxylic acid groups (broad SMARTS) is 1. The van der Waals surface area contributed by atoms with Crippen molar-refractivity contribution in [1.82, 2.24) is 15.1 Å². The SMILES string of the molecule is N#Cc1cc(CC(=O)O)ccc1-n1ncc2cc(C(=O)NCCc3ccc(Cl)cc3)ccc21. The second-order valence-electron chi connectivity index (χ2n) is 7.50. The summed E-state index contributed by atoms with van der Waals surface area (Å²) >= 11 is 5.89. The molecule has 0 unspecified atom stereocenters. The van der Waals surface area contributed by atoms with Crippen molar-refractivity contribution in [2.45, 2.75) is 12.8 Å². The molecule has 3 aromatic carbocycles. The molecule has 4 rings (SSSR count). The van der Waals surface area contributed by atoms with E-state index in [0.29, 0.717) is 40.4 Å². The lowest BCUT2D eigenvalue weighted by Crippen LogP contribution is -2.25. The van der Waals surface area contributed by atoms with Gasteiger partial charge in [0.2, 0.25) is 0 Å². The molecule has 0 atom stereocenters. The van der Waals surface area contributed by atoms with Crippen molar-refractivity contribution in [3.63, 3.8) is 0 Å². The molecule has 7 nitrogen and oxygen atoms in total. The molecule has 0 saturated carbocycles. The van der Waals surface area contributed by atoms with Gasteiger partial charge in [0.05, 0.1) is 29.4 Å². The maximum atomic E-state index is 12.6. The molecule has 1 aromatic heterocycles. The number of amides is 1. The first-order valence-electron chi connectivity index (χ1n) is 10.2. The first-order chi connectivity index (χ1) is 15.9. The van der Waals surface area contributed by atoms with E-state index in [9.17, 15) is 14.9 Å². The van der Waals surface area contributed by atoms with Crippen molar-refractivity contribution in [1.29, 1.82) is 5.26 Å². The first kappa shape index (κ1) is 22.1. The number of hydrogen-bond acceptors (Lipinski definition) is 4. The Morgan fingerprint density at radius 2 is 1.82 bits per heavy atom. The molecule has 0 spiro atoms. The Kier molecular flexibility index (Phi) is 6.38. The number of hydrogen-bond donors (Lipinski definition) is 2. The molecule has 0 bridgehead atoms. The lowest BCUT2D eigenvalue weighted by atomic mass is 10.1. The monoisotopic (exact) mass is 458 g/mol. The summed E-state index contributed by atoms with van der Waals surface area (Å²) in [6, 6.07) is 19.8. The molecule has 1 heterocycles. The highest BCUT2D eigenvalue weighted by Gasteiger charge is 2.13. The molecule has 0 fully saturated rings. The second kappa shape index (κ2) is 9.55. The highest BCUT2D eigenvalue weighted by atomic mass is 35.5. The number of carbonyl (C=O) groups is 2. The number of carbonyl (C=O) groups excluding carboxylic acids is 1. The zero-order valence-electron chi connectivity index (χ0n) is 17.5. The molecular weight excluding hydrogens is 440 g/mol. The average molecular weight is 459 g/mol. The van der Waals surface area contributed by atoms with E-state index in [-0.39, 0.29) is 12.3 Å². The third-order valence-electron chi connectivity index (χ3n) is 5.21. The summed E-state index contributed by atoms with van der Waals surface area (Å²) in [5.41, 5.74) is 3.73. The molecule has 2 N–H and O–H groups in total. The van der Waals surface area contributed by atoms with E-state index in [0.717, 1.165) is 16.5 Å². The number of aliphatic carboxylic acids is 1. The molecule has 0 saturated heterocycles. The summed E-state index contributed by atoms with van der Waals surface area (Å²) in [4.78, 5) is 23.5. The molecule has 8 heteroatoms. The number of rotatable bonds is 7. The van der Waals surface area contributed by atoms with Gasteiger partial charge in [-0.25, -0.2) is 4.68 Å². The maximum Gasteiger partial charge on any atom is 0.307 e. The van der Waals surface area contributed by atoms with E-state index in [1.165, 1.54) is 0 Å². The molecule has 0 radical (unpaired) electrons. The molecule has 0 aliphatic carbocycles. The molecule has 0 aliphatic rings. The van der Waals surface area contributed by atoms with Gasteiger partial charge in [0.25, 0.3) is 5.91 Å². The van der Waals surface area contributed by atoms with Crippen LogP contribution in [0.15, 0.2) is 66.9 Å². The van der Waals surface area contributed by atoms with Gasteiger partial charge in [-0.2, -0.15) is 10.4 Å². The zero-order valence-corrected chi connectivity index (χ0v) is 18.2. The number of nitriles is 1.